The molecular formula is C17H13IN2O3. The van der Waals surface area contributed by atoms with E-state index in [-0.39, 0.29) is 0 Å². The summed E-state index contributed by atoms with van der Waals surface area (Å²) in [5.41, 5.74) is 1.30. The fourth-order valence-electron chi connectivity index (χ4n) is 2.46. The summed E-state index contributed by atoms with van der Waals surface area (Å²) in [4.78, 5) is 38.1. The molecule has 1 aliphatic heterocycles. The molecule has 5 nitrogen and oxygen atoms in total. The molecule has 0 spiro atoms. The predicted molar refractivity (Wildman–Crippen MR) is 94.2 cm³/mol. The minimum atomic E-state index is -0.887. The molecule has 2 aromatic rings. The Morgan fingerprint density at radius 1 is 1.00 bits per heavy atom. The minimum absolute atomic E-state index is 0.339. The summed E-state index contributed by atoms with van der Waals surface area (Å²) < 4.78 is 1.05. The molecule has 0 saturated carbocycles. The largest absolute Gasteiger partial charge is 0.324 e. The van der Waals surface area contributed by atoms with Crippen molar-refractivity contribution < 1.29 is 14.4 Å². The topological polar surface area (TPSA) is 66.5 Å². The van der Waals surface area contributed by atoms with E-state index in [0.29, 0.717) is 16.8 Å². The first-order valence-electron chi connectivity index (χ1n) is 7.02. The van der Waals surface area contributed by atoms with Crippen LogP contribution in [0, 0.1) is 3.57 Å². The number of imide groups is 1. The van der Waals surface area contributed by atoms with Crippen molar-refractivity contribution in [1.29, 1.82) is 0 Å². The third-order valence-electron chi connectivity index (χ3n) is 3.70. The smallest absolute Gasteiger partial charge is 0.262 e. The Morgan fingerprint density at radius 2 is 1.52 bits per heavy atom. The molecule has 0 unspecified atom stereocenters. The van der Waals surface area contributed by atoms with E-state index >= 15 is 0 Å². The molecule has 0 radical (unpaired) electrons. The fraction of sp³-hybridized carbons (Fsp3) is 0.118. The first-order chi connectivity index (χ1) is 11.0. The number of benzene rings is 2. The average molecular weight is 420 g/mol. The number of nitrogens with one attached hydrogen (secondary N) is 1. The van der Waals surface area contributed by atoms with E-state index in [1.807, 2.05) is 12.1 Å². The maximum absolute atomic E-state index is 12.4. The van der Waals surface area contributed by atoms with Crippen LogP contribution in [0.4, 0.5) is 5.69 Å². The number of amides is 3. The molecule has 0 fully saturated rings. The number of halogens is 1. The molecule has 23 heavy (non-hydrogen) atoms. The number of carbonyl (C=O) groups is 3. The number of fused-ring (bicyclic) bond motifs is 1. The lowest BCUT2D eigenvalue weighted by Crippen LogP contribution is -2.45. The van der Waals surface area contributed by atoms with Crippen molar-refractivity contribution in [3.05, 3.63) is 63.2 Å². The van der Waals surface area contributed by atoms with E-state index in [1.54, 1.807) is 43.3 Å². The lowest BCUT2D eigenvalue weighted by Gasteiger charge is -2.21. The van der Waals surface area contributed by atoms with Gasteiger partial charge in [0.2, 0.25) is 5.91 Å². The van der Waals surface area contributed by atoms with Gasteiger partial charge in [0.15, 0.2) is 0 Å². The number of hydrogen-bond acceptors (Lipinski definition) is 3. The summed E-state index contributed by atoms with van der Waals surface area (Å²) in [5.74, 6) is -1.27. The maximum atomic E-state index is 12.4. The van der Waals surface area contributed by atoms with Crippen molar-refractivity contribution in [2.75, 3.05) is 5.32 Å². The summed E-state index contributed by atoms with van der Waals surface area (Å²) in [7, 11) is 0. The van der Waals surface area contributed by atoms with Crippen LogP contribution in [0.3, 0.4) is 0 Å². The van der Waals surface area contributed by atoms with Crippen LogP contribution in [-0.2, 0) is 4.79 Å². The van der Waals surface area contributed by atoms with Crippen molar-refractivity contribution >= 4 is 46.0 Å². The molecular weight excluding hydrogens is 407 g/mol. The molecule has 3 amide bonds. The Labute approximate surface area is 146 Å². The first-order valence-corrected chi connectivity index (χ1v) is 8.10. The zero-order valence-corrected chi connectivity index (χ0v) is 14.4. The van der Waals surface area contributed by atoms with Crippen LogP contribution in [0.25, 0.3) is 0 Å². The Kier molecular flexibility index (Phi) is 4.16. The highest BCUT2D eigenvalue weighted by atomic mass is 127. The number of anilines is 1. The summed E-state index contributed by atoms with van der Waals surface area (Å²) >= 11 is 2.17. The maximum Gasteiger partial charge on any atom is 0.262 e. The standard InChI is InChI=1S/C17H13IN2O3/c1-10(15(21)19-12-8-6-11(18)7-9-12)20-16(22)13-4-2-3-5-14(13)17(20)23/h2-10H,1H3,(H,19,21)/t10-/m1/s1. The lowest BCUT2D eigenvalue weighted by molar-refractivity contribution is -0.119. The number of nitrogens with zero attached hydrogens (tertiary/aromatic N) is 1. The van der Waals surface area contributed by atoms with Gasteiger partial charge in [0.25, 0.3) is 11.8 Å². The summed E-state index contributed by atoms with van der Waals surface area (Å²) in [6.45, 7) is 1.55. The van der Waals surface area contributed by atoms with Crippen LogP contribution < -0.4 is 5.32 Å². The van der Waals surface area contributed by atoms with Crippen molar-refractivity contribution in [3.8, 4) is 0 Å². The van der Waals surface area contributed by atoms with E-state index in [9.17, 15) is 14.4 Å². The van der Waals surface area contributed by atoms with Gasteiger partial charge in [-0.1, -0.05) is 12.1 Å². The zero-order valence-electron chi connectivity index (χ0n) is 12.2. The third kappa shape index (κ3) is 2.86. The van der Waals surface area contributed by atoms with E-state index in [4.69, 9.17) is 0 Å². The van der Waals surface area contributed by atoms with Gasteiger partial charge in [-0.15, -0.1) is 0 Å². The molecule has 1 heterocycles. The van der Waals surface area contributed by atoms with Crippen LogP contribution >= 0.6 is 22.6 Å². The van der Waals surface area contributed by atoms with Gasteiger partial charge in [0.05, 0.1) is 11.1 Å². The Morgan fingerprint density at radius 3 is 2.04 bits per heavy atom. The second kappa shape index (κ2) is 6.11. The van der Waals surface area contributed by atoms with E-state index in [1.165, 1.54) is 0 Å². The normalized spacial score (nSPS) is 14.6. The van der Waals surface area contributed by atoms with Crippen LogP contribution in [0.1, 0.15) is 27.6 Å². The van der Waals surface area contributed by atoms with Crippen molar-refractivity contribution in [1.82, 2.24) is 4.90 Å². The van der Waals surface area contributed by atoms with Crippen molar-refractivity contribution in [3.63, 3.8) is 0 Å². The van der Waals surface area contributed by atoms with Gasteiger partial charge in [-0.2, -0.15) is 0 Å². The van der Waals surface area contributed by atoms with Crippen molar-refractivity contribution in [2.45, 2.75) is 13.0 Å². The highest BCUT2D eigenvalue weighted by molar-refractivity contribution is 14.1. The van der Waals surface area contributed by atoms with E-state index in [0.717, 1.165) is 8.47 Å². The molecule has 6 heteroatoms. The molecule has 0 saturated heterocycles. The van der Waals surface area contributed by atoms with Gasteiger partial charge in [-0.05, 0) is 65.9 Å². The molecule has 3 rings (SSSR count). The molecule has 116 valence electrons. The van der Waals surface area contributed by atoms with Crippen LogP contribution in [0.15, 0.2) is 48.5 Å². The predicted octanol–water partition coefficient (Wildman–Crippen LogP) is 2.91. The van der Waals surface area contributed by atoms with Crippen molar-refractivity contribution in [2.24, 2.45) is 0 Å². The lowest BCUT2D eigenvalue weighted by atomic mass is 10.1. The van der Waals surface area contributed by atoms with Gasteiger partial charge < -0.3 is 5.32 Å². The Balaban J connectivity index is 1.79. The Bertz CT molecular complexity index is 767. The number of hydrogen-bond donors (Lipinski definition) is 1. The quantitative estimate of drug-likeness (QED) is 0.614. The number of rotatable bonds is 3. The second-order valence-corrected chi connectivity index (χ2v) is 6.44. The van der Waals surface area contributed by atoms with E-state index in [2.05, 4.69) is 27.9 Å². The molecule has 1 aliphatic rings. The fourth-order valence-corrected chi connectivity index (χ4v) is 2.82. The van der Waals surface area contributed by atoms with E-state index < -0.39 is 23.8 Å². The first kappa shape index (κ1) is 15.7. The summed E-state index contributed by atoms with van der Waals surface area (Å²) in [6, 6.07) is 13.0. The van der Waals surface area contributed by atoms with Crippen LogP contribution in [-0.4, -0.2) is 28.7 Å². The highest BCUT2D eigenvalue weighted by Crippen LogP contribution is 2.25. The van der Waals surface area contributed by atoms with Gasteiger partial charge in [-0.25, -0.2) is 0 Å². The monoisotopic (exact) mass is 420 g/mol. The van der Waals surface area contributed by atoms with Gasteiger partial charge in [-0.3, -0.25) is 19.3 Å². The molecule has 0 bridgehead atoms. The third-order valence-corrected chi connectivity index (χ3v) is 4.42. The average Bonchev–Trinajstić information content (AvgIpc) is 2.81. The minimum Gasteiger partial charge on any atom is -0.324 e. The van der Waals surface area contributed by atoms with Gasteiger partial charge in [0, 0.05) is 9.26 Å². The van der Waals surface area contributed by atoms with Crippen LogP contribution in [0.5, 0.6) is 0 Å². The molecule has 0 aromatic heterocycles. The Hall–Kier alpha value is -2.22. The van der Waals surface area contributed by atoms with Crippen LogP contribution in [0.2, 0.25) is 0 Å². The highest BCUT2D eigenvalue weighted by Gasteiger charge is 2.40. The molecule has 2 aromatic carbocycles. The summed E-state index contributed by atoms with van der Waals surface area (Å²) in [6.07, 6.45) is 0. The second-order valence-electron chi connectivity index (χ2n) is 5.20. The number of carbonyl (C=O) groups excluding carboxylic acids is 3. The SMILES string of the molecule is C[C@H](C(=O)Nc1ccc(I)cc1)N1C(=O)c2ccccc2C1=O. The zero-order chi connectivity index (χ0) is 16.6. The van der Waals surface area contributed by atoms with Gasteiger partial charge in [0.1, 0.15) is 6.04 Å². The van der Waals surface area contributed by atoms with Gasteiger partial charge >= 0.3 is 0 Å². The molecule has 1 N–H and O–H groups in total. The molecule has 1 atom stereocenters. The summed E-state index contributed by atoms with van der Waals surface area (Å²) in [5, 5.41) is 2.73. The molecule has 0 aliphatic carbocycles.